The Morgan fingerprint density at radius 1 is 1.19 bits per heavy atom. The highest BCUT2D eigenvalue weighted by Gasteiger charge is 2.18. The lowest BCUT2D eigenvalue weighted by molar-refractivity contribution is -0.132. The van der Waals surface area contributed by atoms with E-state index in [1.165, 1.54) is 6.42 Å². The fourth-order valence-corrected chi connectivity index (χ4v) is 2.93. The van der Waals surface area contributed by atoms with Crippen molar-refractivity contribution in [3.05, 3.63) is 35.4 Å². The first-order valence-corrected chi connectivity index (χ1v) is 9.47. The highest BCUT2D eigenvalue weighted by molar-refractivity contribution is 5.94. The first-order valence-electron chi connectivity index (χ1n) is 9.47. The van der Waals surface area contributed by atoms with E-state index in [-0.39, 0.29) is 11.8 Å². The molecule has 6 heteroatoms. The van der Waals surface area contributed by atoms with Gasteiger partial charge in [-0.2, -0.15) is 0 Å². The maximum absolute atomic E-state index is 12.6. The largest absolute Gasteiger partial charge is 0.379 e. The Kier molecular flexibility index (Phi) is 8.58. The van der Waals surface area contributed by atoms with E-state index in [4.69, 9.17) is 9.47 Å². The minimum atomic E-state index is -0.534. The van der Waals surface area contributed by atoms with Crippen molar-refractivity contribution in [2.75, 3.05) is 32.9 Å². The summed E-state index contributed by atoms with van der Waals surface area (Å²) in [5, 5.41) is 2.86. The molecule has 26 heavy (non-hydrogen) atoms. The number of benzene rings is 1. The van der Waals surface area contributed by atoms with E-state index in [1.54, 1.807) is 6.92 Å². The summed E-state index contributed by atoms with van der Waals surface area (Å²) in [5.74, 6) is -0.0974. The van der Waals surface area contributed by atoms with Crippen molar-refractivity contribution in [3.63, 3.8) is 0 Å². The van der Waals surface area contributed by atoms with E-state index in [0.29, 0.717) is 31.9 Å². The lowest BCUT2D eigenvalue weighted by Gasteiger charge is -2.26. The summed E-state index contributed by atoms with van der Waals surface area (Å²) in [5.41, 5.74) is 1.59. The van der Waals surface area contributed by atoms with Crippen LogP contribution >= 0.6 is 0 Å². The van der Waals surface area contributed by atoms with Gasteiger partial charge in [0, 0.05) is 31.8 Å². The van der Waals surface area contributed by atoms with Crippen molar-refractivity contribution in [1.29, 1.82) is 0 Å². The first kappa shape index (κ1) is 20.4. The van der Waals surface area contributed by atoms with Gasteiger partial charge >= 0.3 is 0 Å². The lowest BCUT2D eigenvalue weighted by atomic mass is 10.1. The molecule has 0 radical (unpaired) electrons. The monoisotopic (exact) mass is 362 g/mol. The number of carbonyl (C=O) groups is 2. The van der Waals surface area contributed by atoms with E-state index in [2.05, 4.69) is 5.32 Å². The number of nitrogens with zero attached hydrogens (tertiary/aromatic N) is 1. The van der Waals surface area contributed by atoms with Gasteiger partial charge in [0.1, 0.15) is 6.10 Å². The molecule has 2 rings (SSSR count). The van der Waals surface area contributed by atoms with Crippen LogP contribution in [-0.2, 0) is 20.8 Å². The van der Waals surface area contributed by atoms with Crippen molar-refractivity contribution in [1.82, 2.24) is 10.2 Å². The van der Waals surface area contributed by atoms with Gasteiger partial charge in [-0.15, -0.1) is 0 Å². The van der Waals surface area contributed by atoms with Gasteiger partial charge < -0.3 is 19.7 Å². The topological polar surface area (TPSA) is 67.9 Å². The van der Waals surface area contributed by atoms with Crippen molar-refractivity contribution < 1.29 is 19.1 Å². The summed E-state index contributed by atoms with van der Waals surface area (Å²) in [7, 11) is 0. The van der Waals surface area contributed by atoms with Crippen LogP contribution in [0.5, 0.6) is 0 Å². The number of likely N-dealkylation sites (tertiary alicyclic amines) is 1. The molecule has 1 fully saturated rings. The molecule has 1 unspecified atom stereocenters. The molecule has 144 valence electrons. The van der Waals surface area contributed by atoms with Crippen molar-refractivity contribution in [2.45, 2.75) is 45.8 Å². The van der Waals surface area contributed by atoms with Crippen LogP contribution in [-0.4, -0.2) is 55.7 Å². The van der Waals surface area contributed by atoms with Crippen LogP contribution in [0.4, 0.5) is 0 Å². The molecule has 1 aromatic rings. The van der Waals surface area contributed by atoms with E-state index < -0.39 is 6.10 Å². The normalized spacial score (nSPS) is 15.5. The van der Waals surface area contributed by atoms with E-state index in [9.17, 15) is 9.59 Å². The number of piperidine rings is 1. The fourth-order valence-electron chi connectivity index (χ4n) is 2.93. The van der Waals surface area contributed by atoms with Crippen LogP contribution in [0.2, 0.25) is 0 Å². The Bertz CT molecular complexity index is 585. The molecule has 0 spiro atoms. The van der Waals surface area contributed by atoms with Crippen LogP contribution in [0.15, 0.2) is 24.3 Å². The van der Waals surface area contributed by atoms with Crippen LogP contribution in [0, 0.1) is 0 Å². The SMILES string of the molecule is CCOCCOC(C)C(=O)NCc1cccc(C(=O)N2CCCCC2)c1. The molecule has 2 amide bonds. The van der Waals surface area contributed by atoms with Crippen molar-refractivity contribution in [3.8, 4) is 0 Å². The Morgan fingerprint density at radius 2 is 1.96 bits per heavy atom. The third-order valence-corrected chi connectivity index (χ3v) is 4.45. The van der Waals surface area contributed by atoms with Crippen molar-refractivity contribution >= 4 is 11.8 Å². The summed E-state index contributed by atoms with van der Waals surface area (Å²) in [6.07, 6.45) is 2.81. The number of nitrogens with one attached hydrogen (secondary N) is 1. The quantitative estimate of drug-likeness (QED) is 0.685. The molecule has 1 heterocycles. The summed E-state index contributed by atoms with van der Waals surface area (Å²) in [4.78, 5) is 26.6. The molecule has 0 aromatic heterocycles. The highest BCUT2D eigenvalue weighted by atomic mass is 16.5. The van der Waals surface area contributed by atoms with Gasteiger partial charge in [0.15, 0.2) is 0 Å². The molecule has 0 bridgehead atoms. The number of hydrogen-bond donors (Lipinski definition) is 1. The molecule has 1 saturated heterocycles. The predicted octanol–water partition coefficient (Wildman–Crippen LogP) is 2.37. The molecule has 1 atom stereocenters. The molecule has 6 nitrogen and oxygen atoms in total. The third kappa shape index (κ3) is 6.42. The predicted molar refractivity (Wildman–Crippen MR) is 100.0 cm³/mol. The second-order valence-electron chi connectivity index (χ2n) is 6.48. The van der Waals surface area contributed by atoms with Gasteiger partial charge in [-0.25, -0.2) is 0 Å². The molecule has 1 aliphatic rings. The second kappa shape index (κ2) is 10.9. The Labute approximate surface area is 155 Å². The Balaban J connectivity index is 1.82. The average molecular weight is 362 g/mol. The van der Waals surface area contributed by atoms with Gasteiger partial charge in [0.2, 0.25) is 5.91 Å². The molecule has 0 saturated carbocycles. The van der Waals surface area contributed by atoms with Crippen LogP contribution in [0.25, 0.3) is 0 Å². The maximum Gasteiger partial charge on any atom is 0.253 e. The molecule has 1 aliphatic heterocycles. The van der Waals surface area contributed by atoms with E-state index in [0.717, 1.165) is 31.5 Å². The summed E-state index contributed by atoms with van der Waals surface area (Å²) in [6, 6.07) is 7.47. The lowest BCUT2D eigenvalue weighted by Crippen LogP contribution is -2.36. The van der Waals surface area contributed by atoms with Gasteiger partial charge in [0.25, 0.3) is 5.91 Å². The van der Waals surface area contributed by atoms with Gasteiger partial charge in [-0.05, 0) is 50.8 Å². The minimum Gasteiger partial charge on any atom is -0.379 e. The van der Waals surface area contributed by atoms with E-state index >= 15 is 0 Å². The zero-order valence-electron chi connectivity index (χ0n) is 15.8. The molecular formula is C20H30N2O4. The maximum atomic E-state index is 12.6. The highest BCUT2D eigenvalue weighted by Crippen LogP contribution is 2.14. The van der Waals surface area contributed by atoms with Gasteiger partial charge in [0.05, 0.1) is 13.2 Å². The summed E-state index contributed by atoms with van der Waals surface area (Å²) < 4.78 is 10.6. The molecule has 1 aromatic carbocycles. The van der Waals surface area contributed by atoms with Gasteiger partial charge in [-0.1, -0.05) is 12.1 Å². The van der Waals surface area contributed by atoms with Gasteiger partial charge in [-0.3, -0.25) is 9.59 Å². The second-order valence-corrected chi connectivity index (χ2v) is 6.48. The molecule has 1 N–H and O–H groups in total. The van der Waals surface area contributed by atoms with Crippen LogP contribution in [0.3, 0.4) is 0 Å². The van der Waals surface area contributed by atoms with Crippen molar-refractivity contribution in [2.24, 2.45) is 0 Å². The first-order chi connectivity index (χ1) is 12.6. The molecular weight excluding hydrogens is 332 g/mol. The molecule has 0 aliphatic carbocycles. The summed E-state index contributed by atoms with van der Waals surface area (Å²) in [6.45, 7) is 7.18. The van der Waals surface area contributed by atoms with E-state index in [1.807, 2.05) is 36.1 Å². The van der Waals surface area contributed by atoms with Crippen LogP contribution in [0.1, 0.15) is 49.0 Å². The fraction of sp³-hybridized carbons (Fsp3) is 0.600. The Morgan fingerprint density at radius 3 is 2.69 bits per heavy atom. The summed E-state index contributed by atoms with van der Waals surface area (Å²) >= 11 is 0. The minimum absolute atomic E-state index is 0.0745. The number of hydrogen-bond acceptors (Lipinski definition) is 4. The number of carbonyl (C=O) groups excluding carboxylic acids is 2. The van der Waals surface area contributed by atoms with Crippen LogP contribution < -0.4 is 5.32 Å². The number of amides is 2. The zero-order chi connectivity index (χ0) is 18.8. The number of ether oxygens (including phenoxy) is 2. The smallest absolute Gasteiger partial charge is 0.253 e. The third-order valence-electron chi connectivity index (χ3n) is 4.45. The Hall–Kier alpha value is -1.92. The number of rotatable bonds is 9. The zero-order valence-corrected chi connectivity index (χ0v) is 15.8. The standard InChI is InChI=1S/C20H30N2O4/c1-3-25-12-13-26-16(2)19(23)21-15-17-8-7-9-18(14-17)20(24)22-10-5-4-6-11-22/h7-9,14,16H,3-6,10-13,15H2,1-2H3,(H,21,23). The average Bonchev–Trinajstić information content (AvgIpc) is 2.69.